The molecule has 1 aliphatic heterocycles. The zero-order chi connectivity index (χ0) is 10.3. The average Bonchev–Trinajstić information content (AvgIpc) is 2.72. The van der Waals surface area contributed by atoms with Crippen LogP contribution in [0.25, 0.3) is 10.8 Å². The molecule has 1 heterocycles. The van der Waals surface area contributed by atoms with Gasteiger partial charge < -0.3 is 9.84 Å². The van der Waals surface area contributed by atoms with Crippen molar-refractivity contribution >= 4 is 10.8 Å². The molecule has 0 unspecified atom stereocenters. The standard InChI is InChI=1S/C13H12O2/c14-8-9-1-2-10-7-13-11(3-4-15-13)6-12(10)5-9/h1-2,5-7,14H,3-4,8H2. The Balaban J connectivity index is 2.24. The van der Waals surface area contributed by atoms with Gasteiger partial charge in [-0.25, -0.2) is 0 Å². The number of aliphatic hydroxyl groups excluding tert-OH is 1. The third-order valence-corrected chi connectivity index (χ3v) is 2.90. The predicted octanol–water partition coefficient (Wildman–Crippen LogP) is 2.27. The number of ether oxygens (including phenoxy) is 1. The maximum atomic E-state index is 9.07. The third-order valence-electron chi connectivity index (χ3n) is 2.90. The van der Waals surface area contributed by atoms with Crippen LogP contribution in [0.1, 0.15) is 11.1 Å². The molecule has 2 heteroatoms. The van der Waals surface area contributed by atoms with E-state index in [0.29, 0.717) is 0 Å². The highest BCUT2D eigenvalue weighted by molar-refractivity contribution is 5.86. The fourth-order valence-corrected chi connectivity index (χ4v) is 2.07. The molecule has 15 heavy (non-hydrogen) atoms. The van der Waals surface area contributed by atoms with Crippen molar-refractivity contribution in [1.29, 1.82) is 0 Å². The van der Waals surface area contributed by atoms with Gasteiger partial charge in [0.15, 0.2) is 0 Å². The number of benzene rings is 2. The maximum Gasteiger partial charge on any atom is 0.123 e. The minimum absolute atomic E-state index is 0.101. The van der Waals surface area contributed by atoms with E-state index in [0.717, 1.165) is 24.3 Å². The molecular formula is C13H12O2. The van der Waals surface area contributed by atoms with Crippen molar-refractivity contribution in [3.63, 3.8) is 0 Å². The molecule has 0 radical (unpaired) electrons. The molecule has 0 bridgehead atoms. The second kappa shape index (κ2) is 3.24. The summed E-state index contributed by atoms with van der Waals surface area (Å²) in [6.45, 7) is 0.891. The van der Waals surface area contributed by atoms with Gasteiger partial charge in [0, 0.05) is 6.42 Å². The molecule has 2 aromatic rings. The van der Waals surface area contributed by atoms with E-state index in [-0.39, 0.29) is 6.61 Å². The van der Waals surface area contributed by atoms with Gasteiger partial charge in [-0.05, 0) is 40.1 Å². The van der Waals surface area contributed by atoms with Crippen LogP contribution in [0.3, 0.4) is 0 Å². The molecule has 3 rings (SSSR count). The summed E-state index contributed by atoms with van der Waals surface area (Å²) in [6, 6.07) is 10.3. The molecule has 1 aliphatic rings. The molecule has 0 aliphatic carbocycles. The lowest BCUT2D eigenvalue weighted by atomic mass is 10.0. The zero-order valence-electron chi connectivity index (χ0n) is 8.36. The SMILES string of the molecule is OCc1ccc2cc3c(cc2c1)CCO3. The van der Waals surface area contributed by atoms with Gasteiger partial charge in [0.2, 0.25) is 0 Å². The van der Waals surface area contributed by atoms with Gasteiger partial charge in [-0.2, -0.15) is 0 Å². The second-order valence-corrected chi connectivity index (χ2v) is 3.90. The number of hydrogen-bond donors (Lipinski definition) is 1. The van der Waals surface area contributed by atoms with Gasteiger partial charge in [-0.1, -0.05) is 12.1 Å². The Labute approximate surface area is 88.1 Å². The van der Waals surface area contributed by atoms with Crippen molar-refractivity contribution in [3.05, 3.63) is 41.5 Å². The van der Waals surface area contributed by atoms with Gasteiger partial charge in [-0.3, -0.25) is 0 Å². The summed E-state index contributed by atoms with van der Waals surface area (Å²) in [4.78, 5) is 0. The van der Waals surface area contributed by atoms with Crippen LogP contribution in [0, 0.1) is 0 Å². The average molecular weight is 200 g/mol. The fraction of sp³-hybridized carbons (Fsp3) is 0.231. The lowest BCUT2D eigenvalue weighted by molar-refractivity contribution is 0.282. The Morgan fingerprint density at radius 3 is 2.93 bits per heavy atom. The Morgan fingerprint density at radius 2 is 2.07 bits per heavy atom. The number of aliphatic hydroxyl groups is 1. The monoisotopic (exact) mass is 200 g/mol. The van der Waals surface area contributed by atoms with Gasteiger partial charge in [0.1, 0.15) is 5.75 Å². The Bertz CT molecular complexity index is 517. The molecule has 76 valence electrons. The first-order valence-electron chi connectivity index (χ1n) is 5.16. The summed E-state index contributed by atoms with van der Waals surface area (Å²) < 4.78 is 5.51. The summed E-state index contributed by atoms with van der Waals surface area (Å²) >= 11 is 0. The fourth-order valence-electron chi connectivity index (χ4n) is 2.07. The van der Waals surface area contributed by atoms with E-state index in [9.17, 15) is 0 Å². The lowest BCUT2D eigenvalue weighted by Gasteiger charge is -2.04. The summed E-state index contributed by atoms with van der Waals surface area (Å²) in [7, 11) is 0. The van der Waals surface area contributed by atoms with Crippen molar-refractivity contribution in [2.45, 2.75) is 13.0 Å². The van der Waals surface area contributed by atoms with E-state index in [1.807, 2.05) is 18.2 Å². The van der Waals surface area contributed by atoms with E-state index in [4.69, 9.17) is 9.84 Å². The molecule has 0 fully saturated rings. The summed E-state index contributed by atoms with van der Waals surface area (Å²) in [6.07, 6.45) is 0.995. The smallest absolute Gasteiger partial charge is 0.123 e. The molecule has 2 aromatic carbocycles. The first-order chi connectivity index (χ1) is 7.36. The van der Waals surface area contributed by atoms with E-state index < -0.39 is 0 Å². The third kappa shape index (κ3) is 1.38. The van der Waals surface area contributed by atoms with Gasteiger partial charge in [0.25, 0.3) is 0 Å². The normalized spacial score (nSPS) is 13.9. The van der Waals surface area contributed by atoms with Gasteiger partial charge in [-0.15, -0.1) is 0 Å². The summed E-state index contributed by atoms with van der Waals surface area (Å²) in [5.41, 5.74) is 2.24. The largest absolute Gasteiger partial charge is 0.493 e. The second-order valence-electron chi connectivity index (χ2n) is 3.90. The van der Waals surface area contributed by atoms with Crippen LogP contribution < -0.4 is 4.74 Å². The Kier molecular flexibility index (Phi) is 1.89. The number of fused-ring (bicyclic) bond motifs is 2. The Morgan fingerprint density at radius 1 is 1.13 bits per heavy atom. The van der Waals surface area contributed by atoms with Crippen LogP contribution in [-0.4, -0.2) is 11.7 Å². The Hall–Kier alpha value is -1.54. The maximum absolute atomic E-state index is 9.07. The van der Waals surface area contributed by atoms with E-state index in [1.54, 1.807) is 0 Å². The van der Waals surface area contributed by atoms with Crippen LogP contribution >= 0.6 is 0 Å². The number of hydrogen-bond acceptors (Lipinski definition) is 2. The molecule has 0 atom stereocenters. The minimum Gasteiger partial charge on any atom is -0.493 e. The van der Waals surface area contributed by atoms with Gasteiger partial charge >= 0.3 is 0 Å². The quantitative estimate of drug-likeness (QED) is 0.765. The topological polar surface area (TPSA) is 29.5 Å². The van der Waals surface area contributed by atoms with Crippen LogP contribution in [0.2, 0.25) is 0 Å². The first-order valence-corrected chi connectivity index (χ1v) is 5.16. The van der Waals surface area contributed by atoms with E-state index in [2.05, 4.69) is 12.1 Å². The molecule has 0 aromatic heterocycles. The van der Waals surface area contributed by atoms with Crippen molar-refractivity contribution in [2.75, 3.05) is 6.61 Å². The molecular weight excluding hydrogens is 188 g/mol. The zero-order valence-corrected chi connectivity index (χ0v) is 8.36. The molecule has 0 amide bonds. The minimum atomic E-state index is 0.101. The number of rotatable bonds is 1. The molecule has 0 saturated heterocycles. The highest BCUT2D eigenvalue weighted by Gasteiger charge is 2.12. The van der Waals surface area contributed by atoms with E-state index in [1.165, 1.54) is 16.3 Å². The summed E-state index contributed by atoms with van der Waals surface area (Å²) in [5.74, 6) is 1.01. The summed E-state index contributed by atoms with van der Waals surface area (Å²) in [5, 5.41) is 11.4. The molecule has 0 spiro atoms. The van der Waals surface area contributed by atoms with Crippen molar-refractivity contribution in [1.82, 2.24) is 0 Å². The predicted molar refractivity (Wildman–Crippen MR) is 59.1 cm³/mol. The molecule has 2 nitrogen and oxygen atoms in total. The first kappa shape index (κ1) is 8.74. The van der Waals surface area contributed by atoms with Crippen molar-refractivity contribution < 1.29 is 9.84 Å². The molecule has 1 N–H and O–H groups in total. The van der Waals surface area contributed by atoms with Gasteiger partial charge in [0.05, 0.1) is 13.2 Å². The van der Waals surface area contributed by atoms with Crippen LogP contribution in [0.15, 0.2) is 30.3 Å². The van der Waals surface area contributed by atoms with Crippen molar-refractivity contribution in [3.8, 4) is 5.75 Å². The highest BCUT2D eigenvalue weighted by Crippen LogP contribution is 2.30. The lowest BCUT2D eigenvalue weighted by Crippen LogP contribution is -1.86. The van der Waals surface area contributed by atoms with E-state index >= 15 is 0 Å². The van der Waals surface area contributed by atoms with Crippen LogP contribution in [0.5, 0.6) is 5.75 Å². The van der Waals surface area contributed by atoms with Crippen LogP contribution in [-0.2, 0) is 13.0 Å². The van der Waals surface area contributed by atoms with Crippen molar-refractivity contribution in [2.24, 2.45) is 0 Å². The molecule has 0 saturated carbocycles. The highest BCUT2D eigenvalue weighted by atomic mass is 16.5. The van der Waals surface area contributed by atoms with Crippen LogP contribution in [0.4, 0.5) is 0 Å².